The summed E-state index contributed by atoms with van der Waals surface area (Å²) in [5, 5.41) is 15.2. The smallest absolute Gasteiger partial charge is 0.327 e. The average molecular weight is 417 g/mol. The maximum Gasteiger partial charge on any atom is 0.327 e. The molecular formula is C16H10F3NO5S2. The van der Waals surface area contributed by atoms with Gasteiger partial charge in [-0.3, -0.25) is 0 Å². The average Bonchev–Trinajstić information content (AvgIpc) is 2.79. The van der Waals surface area contributed by atoms with Crippen LogP contribution in [0.3, 0.4) is 0 Å². The number of aliphatic hydroxyl groups excluding tert-OH is 1. The third kappa shape index (κ3) is 3.97. The molecule has 3 rings (SSSR count). The molecular weight excluding hydrogens is 407 g/mol. The van der Waals surface area contributed by atoms with Crippen molar-refractivity contribution in [1.82, 2.24) is 0 Å². The summed E-state index contributed by atoms with van der Waals surface area (Å²) >= 11 is -0.0749. The standard InChI is InChI=1S/C16H10F3NO5S2/c1-27(22,23)25-12-3-2-11(13-14(12)26-16(18,19)15(13)21)24-10-5-8(7-20)4-9(17)6-10/h2-6,15,21H,1H3. The van der Waals surface area contributed by atoms with Crippen molar-refractivity contribution in [2.75, 3.05) is 6.26 Å². The second kappa shape index (κ2) is 6.63. The van der Waals surface area contributed by atoms with Gasteiger partial charge in [-0.05, 0) is 36.0 Å². The van der Waals surface area contributed by atoms with Gasteiger partial charge in [-0.15, -0.1) is 0 Å². The van der Waals surface area contributed by atoms with Crippen LogP contribution in [0.5, 0.6) is 17.2 Å². The number of thioether (sulfide) groups is 1. The molecule has 0 aliphatic carbocycles. The number of rotatable bonds is 4. The zero-order chi connectivity index (χ0) is 20.0. The maximum absolute atomic E-state index is 14.0. The molecule has 6 nitrogen and oxygen atoms in total. The zero-order valence-electron chi connectivity index (χ0n) is 13.4. The van der Waals surface area contributed by atoms with E-state index in [-0.39, 0.29) is 33.7 Å². The summed E-state index contributed by atoms with van der Waals surface area (Å²) in [6, 6.07) is 6.99. The largest absolute Gasteiger partial charge is 0.457 e. The number of benzene rings is 2. The number of ether oxygens (including phenoxy) is 1. The third-order valence-electron chi connectivity index (χ3n) is 3.42. The van der Waals surface area contributed by atoms with E-state index in [0.717, 1.165) is 30.5 Å². The Morgan fingerprint density at radius 3 is 2.56 bits per heavy atom. The van der Waals surface area contributed by atoms with Crippen molar-refractivity contribution in [2.45, 2.75) is 16.3 Å². The van der Waals surface area contributed by atoms with Gasteiger partial charge in [-0.1, -0.05) is 0 Å². The Bertz CT molecular complexity index is 1070. The van der Waals surface area contributed by atoms with E-state index in [0.29, 0.717) is 0 Å². The Labute approximate surface area is 156 Å². The number of fused-ring (bicyclic) bond motifs is 1. The first-order chi connectivity index (χ1) is 12.5. The van der Waals surface area contributed by atoms with Crippen LogP contribution in [0.15, 0.2) is 35.2 Å². The molecule has 1 aliphatic rings. The predicted molar refractivity (Wildman–Crippen MR) is 88.9 cm³/mol. The molecule has 1 aliphatic heterocycles. The Balaban J connectivity index is 2.10. The zero-order valence-corrected chi connectivity index (χ0v) is 15.1. The van der Waals surface area contributed by atoms with Gasteiger partial charge in [0.15, 0.2) is 11.9 Å². The molecule has 1 unspecified atom stereocenters. The van der Waals surface area contributed by atoms with Gasteiger partial charge in [-0.2, -0.15) is 22.5 Å². The van der Waals surface area contributed by atoms with Gasteiger partial charge in [0.25, 0.3) is 0 Å². The fraction of sp³-hybridized carbons (Fsp3) is 0.188. The molecule has 11 heteroatoms. The highest BCUT2D eigenvalue weighted by Gasteiger charge is 2.51. The topological polar surface area (TPSA) is 96.6 Å². The molecule has 0 fully saturated rings. The Morgan fingerprint density at radius 1 is 1.26 bits per heavy atom. The van der Waals surface area contributed by atoms with E-state index in [1.807, 2.05) is 0 Å². The summed E-state index contributed by atoms with van der Waals surface area (Å²) < 4.78 is 74.3. The SMILES string of the molecule is CS(=O)(=O)Oc1ccc(Oc2cc(F)cc(C#N)c2)c2c1SC(F)(F)C2O. The number of halogens is 3. The van der Waals surface area contributed by atoms with E-state index < -0.39 is 38.6 Å². The lowest BCUT2D eigenvalue weighted by molar-refractivity contribution is -0.0318. The van der Waals surface area contributed by atoms with Crippen LogP contribution in [-0.4, -0.2) is 25.0 Å². The summed E-state index contributed by atoms with van der Waals surface area (Å²) in [6.07, 6.45) is -1.56. The number of hydrogen-bond donors (Lipinski definition) is 1. The van der Waals surface area contributed by atoms with Crippen LogP contribution in [0.2, 0.25) is 0 Å². The van der Waals surface area contributed by atoms with Crippen LogP contribution in [-0.2, 0) is 10.1 Å². The molecule has 2 aromatic rings. The highest BCUT2D eigenvalue weighted by Crippen LogP contribution is 2.60. The van der Waals surface area contributed by atoms with Crippen LogP contribution in [0.4, 0.5) is 13.2 Å². The number of aliphatic hydroxyl groups is 1. The molecule has 0 spiro atoms. The minimum Gasteiger partial charge on any atom is -0.457 e. The highest BCUT2D eigenvalue weighted by molar-refractivity contribution is 8.00. The molecule has 27 heavy (non-hydrogen) atoms. The van der Waals surface area contributed by atoms with E-state index in [1.54, 1.807) is 6.07 Å². The summed E-state index contributed by atoms with van der Waals surface area (Å²) in [5.74, 6) is -1.58. The van der Waals surface area contributed by atoms with Crippen molar-refractivity contribution in [2.24, 2.45) is 0 Å². The van der Waals surface area contributed by atoms with Gasteiger partial charge in [0.2, 0.25) is 0 Å². The molecule has 0 bridgehead atoms. The minimum atomic E-state index is -4.01. The second-order valence-corrected chi connectivity index (χ2v) is 8.28. The molecule has 1 N–H and O–H groups in total. The summed E-state index contributed by atoms with van der Waals surface area (Å²) in [6.45, 7) is 0. The van der Waals surface area contributed by atoms with Crippen molar-refractivity contribution in [1.29, 1.82) is 5.26 Å². The predicted octanol–water partition coefficient (Wildman–Crippen LogP) is 3.56. The molecule has 0 amide bonds. The van der Waals surface area contributed by atoms with E-state index in [2.05, 4.69) is 0 Å². The molecule has 0 aromatic heterocycles. The van der Waals surface area contributed by atoms with Gasteiger partial charge in [0.1, 0.15) is 17.3 Å². The van der Waals surface area contributed by atoms with Crippen LogP contribution in [0.1, 0.15) is 17.2 Å². The molecule has 0 saturated heterocycles. The fourth-order valence-electron chi connectivity index (χ4n) is 2.42. The summed E-state index contributed by atoms with van der Waals surface area (Å²) in [5.41, 5.74) is -0.451. The third-order valence-corrected chi connectivity index (χ3v) is 5.02. The number of nitriles is 1. The highest BCUT2D eigenvalue weighted by atomic mass is 32.2. The normalized spacial score (nSPS) is 17.9. The lowest BCUT2D eigenvalue weighted by Crippen LogP contribution is -2.16. The van der Waals surface area contributed by atoms with Gasteiger partial charge in [-0.25, -0.2) is 4.39 Å². The van der Waals surface area contributed by atoms with Crippen LogP contribution >= 0.6 is 11.8 Å². The van der Waals surface area contributed by atoms with Gasteiger partial charge in [0, 0.05) is 11.6 Å². The number of hydrogen-bond acceptors (Lipinski definition) is 7. The monoisotopic (exact) mass is 417 g/mol. The minimum absolute atomic E-state index is 0.0565. The van der Waals surface area contributed by atoms with Crippen LogP contribution in [0.25, 0.3) is 0 Å². The molecule has 142 valence electrons. The quantitative estimate of drug-likeness (QED) is 0.760. The van der Waals surface area contributed by atoms with Crippen molar-refractivity contribution in [3.8, 4) is 23.3 Å². The Hall–Kier alpha value is -2.42. The van der Waals surface area contributed by atoms with Crippen molar-refractivity contribution in [3.63, 3.8) is 0 Å². The lowest BCUT2D eigenvalue weighted by Gasteiger charge is -2.15. The summed E-state index contributed by atoms with van der Waals surface area (Å²) in [4.78, 5) is -0.313. The number of nitrogens with zero attached hydrogens (tertiary/aromatic N) is 1. The Kier molecular flexibility index (Phi) is 4.75. The lowest BCUT2D eigenvalue weighted by atomic mass is 10.1. The van der Waals surface area contributed by atoms with Crippen molar-refractivity contribution in [3.05, 3.63) is 47.3 Å². The Morgan fingerprint density at radius 2 is 1.93 bits per heavy atom. The fourth-order valence-corrected chi connectivity index (χ4v) is 3.97. The first kappa shape index (κ1) is 19.3. The van der Waals surface area contributed by atoms with Crippen molar-refractivity contribution < 1.29 is 35.6 Å². The number of alkyl halides is 2. The first-order valence-electron chi connectivity index (χ1n) is 7.20. The summed E-state index contributed by atoms with van der Waals surface area (Å²) in [7, 11) is -4.01. The van der Waals surface area contributed by atoms with Crippen LogP contribution < -0.4 is 8.92 Å². The molecule has 0 saturated carbocycles. The van der Waals surface area contributed by atoms with E-state index in [4.69, 9.17) is 14.2 Å². The maximum atomic E-state index is 14.0. The molecule has 1 atom stereocenters. The van der Waals surface area contributed by atoms with E-state index >= 15 is 0 Å². The molecule has 1 heterocycles. The van der Waals surface area contributed by atoms with Crippen LogP contribution in [0, 0.1) is 17.1 Å². The van der Waals surface area contributed by atoms with Gasteiger partial charge >= 0.3 is 15.4 Å². The van der Waals surface area contributed by atoms with E-state index in [1.165, 1.54) is 6.07 Å². The molecule has 0 radical (unpaired) electrons. The first-order valence-corrected chi connectivity index (χ1v) is 9.83. The van der Waals surface area contributed by atoms with E-state index in [9.17, 15) is 26.7 Å². The van der Waals surface area contributed by atoms with Gasteiger partial charge in [0.05, 0.1) is 22.8 Å². The van der Waals surface area contributed by atoms with Crippen molar-refractivity contribution >= 4 is 21.9 Å². The van der Waals surface area contributed by atoms with Gasteiger partial charge < -0.3 is 14.0 Å². The second-order valence-electron chi connectivity index (χ2n) is 5.55. The molecule has 2 aromatic carbocycles.